The first-order valence-corrected chi connectivity index (χ1v) is 7.98. The van der Waals surface area contributed by atoms with Crippen LogP contribution in [0.3, 0.4) is 0 Å². The fraction of sp³-hybridized carbons (Fsp3) is 0.692. The summed E-state index contributed by atoms with van der Waals surface area (Å²) in [6, 6.07) is 0. The van der Waals surface area contributed by atoms with Gasteiger partial charge in [0, 0.05) is 18.0 Å². The van der Waals surface area contributed by atoms with Gasteiger partial charge in [0.1, 0.15) is 17.5 Å². The lowest BCUT2D eigenvalue weighted by atomic mass is 10.2. The van der Waals surface area contributed by atoms with Crippen molar-refractivity contribution in [2.45, 2.75) is 38.5 Å². The molecule has 1 saturated carbocycles. The van der Waals surface area contributed by atoms with Gasteiger partial charge in [-0.15, -0.1) is 0 Å². The van der Waals surface area contributed by atoms with Gasteiger partial charge in [-0.1, -0.05) is 0 Å². The molecule has 1 aliphatic rings. The Morgan fingerprint density at radius 2 is 2.11 bits per heavy atom. The Kier molecular flexibility index (Phi) is 4.69. The maximum absolute atomic E-state index is 5.94. The molecule has 1 heterocycles. The number of nitrogen functional groups attached to an aromatic ring is 1. The highest BCUT2D eigenvalue weighted by molar-refractivity contribution is 7.98. The molecule has 1 aromatic rings. The molecule has 100 valence electrons. The van der Waals surface area contributed by atoms with Crippen LogP contribution in [0.2, 0.25) is 0 Å². The summed E-state index contributed by atoms with van der Waals surface area (Å²) in [4.78, 5) is 8.98. The Bertz CT molecular complexity index is 404. The van der Waals surface area contributed by atoms with Crippen LogP contribution in [0.5, 0.6) is 0 Å². The zero-order valence-corrected chi connectivity index (χ0v) is 12.0. The molecule has 18 heavy (non-hydrogen) atoms. The van der Waals surface area contributed by atoms with Crippen LogP contribution in [0.1, 0.15) is 43.0 Å². The molecule has 3 N–H and O–H groups in total. The molecular weight excluding hydrogens is 244 g/mol. The molecule has 0 radical (unpaired) electrons. The molecule has 5 heteroatoms. The Hall–Kier alpha value is -0.970. The van der Waals surface area contributed by atoms with E-state index in [-0.39, 0.29) is 0 Å². The van der Waals surface area contributed by atoms with Crippen molar-refractivity contribution in [1.82, 2.24) is 9.97 Å². The molecule has 0 atom stereocenters. The molecule has 0 aromatic carbocycles. The van der Waals surface area contributed by atoms with Crippen LogP contribution in [0.25, 0.3) is 0 Å². The fourth-order valence-electron chi connectivity index (χ4n) is 1.83. The molecule has 0 bridgehead atoms. The average molecular weight is 266 g/mol. The molecule has 0 aliphatic heterocycles. The lowest BCUT2D eigenvalue weighted by Crippen LogP contribution is -2.10. The summed E-state index contributed by atoms with van der Waals surface area (Å²) in [7, 11) is 0. The summed E-state index contributed by atoms with van der Waals surface area (Å²) in [6.07, 6.45) is 6.96. The van der Waals surface area contributed by atoms with E-state index in [1.807, 2.05) is 18.7 Å². The summed E-state index contributed by atoms with van der Waals surface area (Å²) >= 11 is 1.89. The SMILES string of the molecule is CSCCCCNc1nc(C2CC2)nc(N)c1C. The second-order valence-electron chi connectivity index (χ2n) is 4.84. The number of thioether (sulfide) groups is 1. The van der Waals surface area contributed by atoms with Gasteiger partial charge in [-0.25, -0.2) is 9.97 Å². The normalized spacial score (nSPS) is 14.8. The van der Waals surface area contributed by atoms with Crippen molar-refractivity contribution in [3.05, 3.63) is 11.4 Å². The lowest BCUT2D eigenvalue weighted by Gasteiger charge is -2.11. The molecule has 1 aliphatic carbocycles. The summed E-state index contributed by atoms with van der Waals surface area (Å²) in [5, 5.41) is 3.40. The number of unbranched alkanes of at least 4 members (excludes halogenated alkanes) is 1. The van der Waals surface area contributed by atoms with Gasteiger partial charge in [-0.3, -0.25) is 0 Å². The molecule has 0 spiro atoms. The molecule has 2 rings (SSSR count). The number of hydrogen-bond donors (Lipinski definition) is 2. The van der Waals surface area contributed by atoms with Gasteiger partial charge in [0.2, 0.25) is 0 Å². The van der Waals surface area contributed by atoms with E-state index in [9.17, 15) is 0 Å². The third kappa shape index (κ3) is 3.51. The van der Waals surface area contributed by atoms with Crippen molar-refractivity contribution in [3.63, 3.8) is 0 Å². The second-order valence-corrected chi connectivity index (χ2v) is 5.83. The third-order valence-corrected chi connectivity index (χ3v) is 3.91. The number of anilines is 2. The lowest BCUT2D eigenvalue weighted by molar-refractivity contribution is 0.832. The third-order valence-electron chi connectivity index (χ3n) is 3.21. The minimum absolute atomic E-state index is 0.546. The topological polar surface area (TPSA) is 63.8 Å². The standard InChI is InChI=1S/C13H22N4S/c1-9-11(14)16-13(10-5-6-10)17-12(9)15-7-3-4-8-18-2/h10H,3-8H2,1-2H3,(H3,14,15,16,17). The van der Waals surface area contributed by atoms with E-state index in [1.54, 1.807) is 0 Å². The predicted octanol–water partition coefficient (Wildman–Crippen LogP) is 2.80. The number of nitrogens with two attached hydrogens (primary N) is 1. The predicted molar refractivity (Wildman–Crippen MR) is 79.3 cm³/mol. The smallest absolute Gasteiger partial charge is 0.136 e. The summed E-state index contributed by atoms with van der Waals surface area (Å²) in [5.41, 5.74) is 6.92. The second kappa shape index (κ2) is 6.27. The van der Waals surface area contributed by atoms with Crippen LogP contribution in [-0.2, 0) is 0 Å². The van der Waals surface area contributed by atoms with Gasteiger partial charge in [0.15, 0.2) is 0 Å². The van der Waals surface area contributed by atoms with E-state index in [2.05, 4.69) is 21.5 Å². The monoisotopic (exact) mass is 266 g/mol. The maximum atomic E-state index is 5.94. The maximum Gasteiger partial charge on any atom is 0.136 e. The highest BCUT2D eigenvalue weighted by atomic mass is 32.2. The average Bonchev–Trinajstić information content (AvgIpc) is 3.18. The number of nitrogens with one attached hydrogen (secondary N) is 1. The molecule has 0 unspecified atom stereocenters. The summed E-state index contributed by atoms with van der Waals surface area (Å²) < 4.78 is 0. The van der Waals surface area contributed by atoms with Crippen molar-refractivity contribution >= 4 is 23.4 Å². The first-order chi connectivity index (χ1) is 8.72. The van der Waals surface area contributed by atoms with E-state index in [0.29, 0.717) is 11.7 Å². The first-order valence-electron chi connectivity index (χ1n) is 6.59. The molecule has 4 nitrogen and oxygen atoms in total. The van der Waals surface area contributed by atoms with E-state index in [0.717, 1.165) is 23.8 Å². The van der Waals surface area contributed by atoms with Crippen molar-refractivity contribution in [3.8, 4) is 0 Å². The zero-order valence-electron chi connectivity index (χ0n) is 11.2. The Morgan fingerprint density at radius 1 is 1.33 bits per heavy atom. The zero-order chi connectivity index (χ0) is 13.0. The van der Waals surface area contributed by atoms with Crippen molar-refractivity contribution < 1.29 is 0 Å². The number of aromatic nitrogens is 2. The van der Waals surface area contributed by atoms with Gasteiger partial charge in [0.05, 0.1) is 0 Å². The number of hydrogen-bond acceptors (Lipinski definition) is 5. The minimum atomic E-state index is 0.546. The minimum Gasteiger partial charge on any atom is -0.383 e. The van der Waals surface area contributed by atoms with Crippen LogP contribution < -0.4 is 11.1 Å². The molecule has 1 aromatic heterocycles. The van der Waals surface area contributed by atoms with Gasteiger partial charge in [0.25, 0.3) is 0 Å². The van der Waals surface area contributed by atoms with Crippen LogP contribution in [-0.4, -0.2) is 28.5 Å². The Labute approximate surface area is 113 Å². The number of rotatable bonds is 7. The van der Waals surface area contributed by atoms with E-state index < -0.39 is 0 Å². The largest absolute Gasteiger partial charge is 0.383 e. The van der Waals surface area contributed by atoms with Crippen LogP contribution in [0, 0.1) is 6.92 Å². The van der Waals surface area contributed by atoms with Gasteiger partial charge in [-0.2, -0.15) is 11.8 Å². The van der Waals surface area contributed by atoms with Crippen LogP contribution in [0.4, 0.5) is 11.6 Å². The van der Waals surface area contributed by atoms with Gasteiger partial charge in [-0.05, 0) is 44.6 Å². The van der Waals surface area contributed by atoms with Crippen LogP contribution >= 0.6 is 11.8 Å². The van der Waals surface area contributed by atoms with E-state index >= 15 is 0 Å². The molecule has 0 saturated heterocycles. The van der Waals surface area contributed by atoms with Crippen molar-refractivity contribution in [2.75, 3.05) is 29.6 Å². The number of nitrogens with zero attached hydrogens (tertiary/aromatic N) is 2. The Morgan fingerprint density at radius 3 is 2.78 bits per heavy atom. The summed E-state index contributed by atoms with van der Waals surface area (Å²) in [6.45, 7) is 2.94. The Balaban J connectivity index is 1.93. The highest BCUT2D eigenvalue weighted by Gasteiger charge is 2.27. The first kappa shape index (κ1) is 13.5. The highest BCUT2D eigenvalue weighted by Crippen LogP contribution is 2.39. The van der Waals surface area contributed by atoms with Gasteiger partial charge < -0.3 is 11.1 Å². The van der Waals surface area contributed by atoms with Crippen molar-refractivity contribution in [2.24, 2.45) is 0 Å². The van der Waals surface area contributed by atoms with Crippen LogP contribution in [0.15, 0.2) is 0 Å². The fourth-order valence-corrected chi connectivity index (χ4v) is 2.32. The summed E-state index contributed by atoms with van der Waals surface area (Å²) in [5.74, 6) is 4.24. The van der Waals surface area contributed by atoms with Gasteiger partial charge >= 0.3 is 0 Å². The molecule has 0 amide bonds. The quantitative estimate of drug-likeness (QED) is 0.743. The van der Waals surface area contributed by atoms with E-state index in [4.69, 9.17) is 5.73 Å². The molecule has 1 fully saturated rings. The molecular formula is C13H22N4S. The van der Waals surface area contributed by atoms with E-state index in [1.165, 1.54) is 31.4 Å². The van der Waals surface area contributed by atoms with Crippen molar-refractivity contribution in [1.29, 1.82) is 0 Å².